The highest BCUT2D eigenvalue weighted by Gasteiger charge is 2.34. The number of ether oxygens (including phenoxy) is 2. The third kappa shape index (κ3) is 5.40. The molecule has 0 fully saturated rings. The van der Waals surface area contributed by atoms with Gasteiger partial charge in [0.15, 0.2) is 9.84 Å². The first-order valence-electron chi connectivity index (χ1n) is 10.4. The second-order valence-corrected chi connectivity index (χ2v) is 10.0. The normalized spacial score (nSPS) is 15.8. The number of nitrogens with zero attached hydrogens (tertiary/aromatic N) is 2. The van der Waals surface area contributed by atoms with Crippen LogP contribution in [0.1, 0.15) is 20.8 Å². The van der Waals surface area contributed by atoms with Crippen LogP contribution in [-0.4, -0.2) is 58.2 Å². The van der Waals surface area contributed by atoms with Gasteiger partial charge < -0.3 is 14.4 Å². The molecule has 1 aliphatic rings. The van der Waals surface area contributed by atoms with E-state index in [1.54, 1.807) is 28.9 Å². The summed E-state index contributed by atoms with van der Waals surface area (Å²) >= 11 is 0. The van der Waals surface area contributed by atoms with Crippen molar-refractivity contribution in [1.82, 2.24) is 0 Å². The summed E-state index contributed by atoms with van der Waals surface area (Å²) < 4.78 is 33.2. The fraction of sp³-hybridized carbons (Fsp3) is 0.391. The lowest BCUT2D eigenvalue weighted by atomic mass is 10.0. The summed E-state index contributed by atoms with van der Waals surface area (Å²) in [5, 5.41) is 0. The third-order valence-corrected chi connectivity index (χ3v) is 6.06. The fourth-order valence-electron chi connectivity index (χ4n) is 3.71. The monoisotopic (exact) mass is 460 g/mol. The number of carbonyl (C=O) groups excluding carboxylic acids is 2. The van der Waals surface area contributed by atoms with Crippen LogP contribution in [0.25, 0.3) is 11.1 Å². The SMILES string of the molecule is CCOC(=O)N1C[C@H](C)N(C(C)=O)c2ccc(-c3ccc(OCCS(C)(=O)=O)cc3)cc21. The maximum Gasteiger partial charge on any atom is 0.414 e. The quantitative estimate of drug-likeness (QED) is 0.655. The van der Waals surface area contributed by atoms with Crippen LogP contribution in [0.4, 0.5) is 16.2 Å². The number of hydrogen-bond acceptors (Lipinski definition) is 6. The lowest BCUT2D eigenvalue weighted by Gasteiger charge is -2.40. The first-order valence-corrected chi connectivity index (χ1v) is 12.5. The molecule has 1 heterocycles. The minimum atomic E-state index is -3.08. The highest BCUT2D eigenvalue weighted by molar-refractivity contribution is 7.90. The van der Waals surface area contributed by atoms with Crippen molar-refractivity contribution in [2.24, 2.45) is 0 Å². The molecule has 0 aliphatic carbocycles. The Morgan fingerprint density at radius 2 is 1.72 bits per heavy atom. The van der Waals surface area contributed by atoms with Crippen LogP contribution in [0.5, 0.6) is 5.75 Å². The number of anilines is 2. The molecule has 172 valence electrons. The second-order valence-electron chi connectivity index (χ2n) is 7.75. The number of carbonyl (C=O) groups is 2. The van der Waals surface area contributed by atoms with Crippen molar-refractivity contribution in [2.45, 2.75) is 26.8 Å². The topological polar surface area (TPSA) is 93.2 Å². The van der Waals surface area contributed by atoms with Gasteiger partial charge >= 0.3 is 6.09 Å². The van der Waals surface area contributed by atoms with Gasteiger partial charge in [-0.2, -0.15) is 0 Å². The molecule has 0 saturated carbocycles. The smallest absolute Gasteiger partial charge is 0.414 e. The Hall–Kier alpha value is -3.07. The Balaban J connectivity index is 1.90. The molecule has 8 nitrogen and oxygen atoms in total. The molecule has 3 rings (SSSR count). The van der Waals surface area contributed by atoms with Crippen LogP contribution in [0.15, 0.2) is 42.5 Å². The van der Waals surface area contributed by atoms with Gasteiger partial charge in [-0.15, -0.1) is 0 Å². The number of amides is 2. The van der Waals surface area contributed by atoms with Crippen molar-refractivity contribution in [2.75, 3.05) is 41.6 Å². The van der Waals surface area contributed by atoms with Crippen molar-refractivity contribution >= 4 is 33.2 Å². The number of hydrogen-bond donors (Lipinski definition) is 0. The molecule has 2 aromatic carbocycles. The van der Waals surface area contributed by atoms with Gasteiger partial charge in [-0.25, -0.2) is 13.2 Å². The van der Waals surface area contributed by atoms with E-state index in [-0.39, 0.29) is 30.9 Å². The molecule has 0 aromatic heterocycles. The molecule has 0 saturated heterocycles. The summed E-state index contributed by atoms with van der Waals surface area (Å²) in [6.07, 6.45) is 0.721. The first kappa shape index (κ1) is 23.6. The molecule has 1 atom stereocenters. The van der Waals surface area contributed by atoms with E-state index in [4.69, 9.17) is 9.47 Å². The van der Waals surface area contributed by atoms with E-state index in [0.717, 1.165) is 11.1 Å². The summed E-state index contributed by atoms with van der Waals surface area (Å²) in [6, 6.07) is 12.7. The Morgan fingerprint density at radius 3 is 2.31 bits per heavy atom. The van der Waals surface area contributed by atoms with Gasteiger partial charge in [-0.05, 0) is 49.2 Å². The van der Waals surface area contributed by atoms with Crippen LogP contribution < -0.4 is 14.5 Å². The van der Waals surface area contributed by atoms with E-state index in [9.17, 15) is 18.0 Å². The van der Waals surface area contributed by atoms with E-state index in [0.29, 0.717) is 23.7 Å². The Bertz CT molecular complexity index is 1100. The fourth-order valence-corrected chi connectivity index (χ4v) is 4.10. The average Bonchev–Trinajstić information content (AvgIpc) is 2.72. The van der Waals surface area contributed by atoms with Gasteiger partial charge in [0.05, 0.1) is 29.8 Å². The zero-order valence-electron chi connectivity index (χ0n) is 18.7. The Labute approximate surface area is 188 Å². The number of fused-ring (bicyclic) bond motifs is 1. The average molecular weight is 461 g/mol. The van der Waals surface area contributed by atoms with Crippen molar-refractivity contribution < 1.29 is 27.5 Å². The Morgan fingerprint density at radius 1 is 1.06 bits per heavy atom. The van der Waals surface area contributed by atoms with E-state index < -0.39 is 15.9 Å². The molecular weight excluding hydrogens is 432 g/mol. The molecule has 0 unspecified atom stereocenters. The predicted octanol–water partition coefficient (Wildman–Crippen LogP) is 3.49. The minimum absolute atomic E-state index is 0.0473. The van der Waals surface area contributed by atoms with Crippen molar-refractivity contribution in [3.05, 3.63) is 42.5 Å². The second kappa shape index (κ2) is 9.60. The van der Waals surface area contributed by atoms with Crippen LogP contribution in [0, 0.1) is 0 Å². The summed E-state index contributed by atoms with van der Waals surface area (Å²) in [5.41, 5.74) is 3.02. The lowest BCUT2D eigenvalue weighted by molar-refractivity contribution is -0.117. The molecule has 32 heavy (non-hydrogen) atoms. The zero-order valence-corrected chi connectivity index (χ0v) is 19.5. The summed E-state index contributed by atoms with van der Waals surface area (Å²) in [5.74, 6) is 0.430. The van der Waals surface area contributed by atoms with E-state index in [1.165, 1.54) is 13.2 Å². The van der Waals surface area contributed by atoms with Crippen LogP contribution in [0.2, 0.25) is 0 Å². The van der Waals surface area contributed by atoms with E-state index >= 15 is 0 Å². The van der Waals surface area contributed by atoms with E-state index in [2.05, 4.69) is 0 Å². The molecule has 0 bridgehead atoms. The predicted molar refractivity (Wildman–Crippen MR) is 124 cm³/mol. The van der Waals surface area contributed by atoms with Crippen LogP contribution in [0.3, 0.4) is 0 Å². The van der Waals surface area contributed by atoms with Gasteiger partial charge in [0.2, 0.25) is 5.91 Å². The number of sulfone groups is 1. The third-order valence-electron chi connectivity index (χ3n) is 5.15. The molecule has 0 spiro atoms. The highest BCUT2D eigenvalue weighted by atomic mass is 32.2. The molecule has 2 aromatic rings. The van der Waals surface area contributed by atoms with Gasteiger partial charge in [0.25, 0.3) is 0 Å². The van der Waals surface area contributed by atoms with Crippen molar-refractivity contribution in [3.63, 3.8) is 0 Å². The summed E-state index contributed by atoms with van der Waals surface area (Å²) in [6.45, 7) is 5.84. The molecule has 1 aliphatic heterocycles. The summed E-state index contributed by atoms with van der Waals surface area (Å²) in [7, 11) is -3.08. The standard InChI is InChI=1S/C23H28N2O6S/c1-5-30-23(27)24-15-16(2)25(17(3)26)21-11-8-19(14-22(21)24)18-6-9-20(10-7-18)31-12-13-32(4,28)29/h6-11,14,16H,5,12-13,15H2,1-4H3/t16-/m0/s1. The zero-order chi connectivity index (χ0) is 23.5. The van der Waals surface area contributed by atoms with Gasteiger partial charge in [0, 0.05) is 19.7 Å². The first-order chi connectivity index (χ1) is 15.1. The van der Waals surface area contributed by atoms with Crippen LogP contribution >= 0.6 is 0 Å². The number of rotatable bonds is 6. The summed E-state index contributed by atoms with van der Waals surface area (Å²) in [4.78, 5) is 28.1. The molecule has 0 N–H and O–H groups in total. The number of benzene rings is 2. The highest BCUT2D eigenvalue weighted by Crippen LogP contribution is 2.39. The lowest BCUT2D eigenvalue weighted by Crippen LogP contribution is -2.51. The molecule has 0 radical (unpaired) electrons. The van der Waals surface area contributed by atoms with Crippen LogP contribution in [-0.2, 0) is 19.4 Å². The largest absolute Gasteiger partial charge is 0.493 e. The van der Waals surface area contributed by atoms with Crippen molar-refractivity contribution in [3.8, 4) is 16.9 Å². The van der Waals surface area contributed by atoms with Gasteiger partial charge in [-0.1, -0.05) is 18.2 Å². The minimum Gasteiger partial charge on any atom is -0.493 e. The Kier molecular flexibility index (Phi) is 7.08. The maximum atomic E-state index is 12.6. The van der Waals surface area contributed by atoms with Gasteiger partial charge in [0.1, 0.15) is 12.4 Å². The molecule has 9 heteroatoms. The van der Waals surface area contributed by atoms with Crippen molar-refractivity contribution in [1.29, 1.82) is 0 Å². The molecule has 2 amide bonds. The maximum absolute atomic E-state index is 12.6. The van der Waals surface area contributed by atoms with Gasteiger partial charge in [-0.3, -0.25) is 9.69 Å². The molecular formula is C23H28N2O6S. The van der Waals surface area contributed by atoms with E-state index in [1.807, 2.05) is 37.3 Å².